The molecule has 0 aliphatic rings. The monoisotopic (exact) mass is 366 g/mol. The number of benzene rings is 1. The van der Waals surface area contributed by atoms with E-state index in [4.69, 9.17) is 4.74 Å². The van der Waals surface area contributed by atoms with Gasteiger partial charge in [0.05, 0.1) is 6.42 Å². The fraction of sp³-hybridized carbons (Fsp3) is 0.412. The number of hydrogen-bond donors (Lipinski definition) is 2. The molecule has 136 valence electrons. The molecule has 2 N–H and O–H groups in total. The highest BCUT2D eigenvalue weighted by atomic mass is 32.2. The number of nitrogens with one attached hydrogen (secondary N) is 2. The van der Waals surface area contributed by atoms with E-state index in [1.807, 2.05) is 23.7 Å². The number of Topliss-reactive ketones (excluding diaryl/α,β-unsaturated/α-hetero) is 1. The van der Waals surface area contributed by atoms with E-state index < -0.39 is 24.5 Å². The van der Waals surface area contributed by atoms with Crippen LogP contribution in [-0.2, 0) is 14.3 Å². The lowest BCUT2D eigenvalue weighted by atomic mass is 10.1. The molecule has 0 fully saturated rings. The van der Waals surface area contributed by atoms with Crippen molar-refractivity contribution in [3.8, 4) is 0 Å². The Bertz CT molecular complexity index is 628. The SMILES string of the molecule is CSc1ccc(C(=O)CCC(=O)OCC(=O)NC(=O)NC(C)C)cc1. The Morgan fingerprint density at radius 3 is 2.28 bits per heavy atom. The molecule has 0 aliphatic heterocycles. The maximum absolute atomic E-state index is 12.0. The maximum Gasteiger partial charge on any atom is 0.321 e. The molecule has 0 unspecified atom stereocenters. The molecule has 1 aromatic rings. The van der Waals surface area contributed by atoms with E-state index in [1.165, 1.54) is 0 Å². The first-order valence-corrected chi connectivity index (χ1v) is 8.97. The van der Waals surface area contributed by atoms with Gasteiger partial charge in [0.15, 0.2) is 12.4 Å². The zero-order valence-electron chi connectivity index (χ0n) is 14.5. The van der Waals surface area contributed by atoms with Crippen LogP contribution in [-0.4, -0.2) is 42.6 Å². The quantitative estimate of drug-likeness (QED) is 0.415. The van der Waals surface area contributed by atoms with Crippen molar-refractivity contribution in [2.45, 2.75) is 37.6 Å². The largest absolute Gasteiger partial charge is 0.456 e. The van der Waals surface area contributed by atoms with Crippen molar-refractivity contribution in [3.05, 3.63) is 29.8 Å². The van der Waals surface area contributed by atoms with Crippen LogP contribution < -0.4 is 10.6 Å². The van der Waals surface area contributed by atoms with E-state index in [1.54, 1.807) is 37.7 Å². The smallest absolute Gasteiger partial charge is 0.321 e. The third-order valence-corrected chi connectivity index (χ3v) is 3.75. The van der Waals surface area contributed by atoms with Crippen molar-refractivity contribution < 1.29 is 23.9 Å². The first-order valence-electron chi connectivity index (χ1n) is 7.75. The predicted molar refractivity (Wildman–Crippen MR) is 94.6 cm³/mol. The molecule has 0 saturated heterocycles. The maximum atomic E-state index is 12.0. The predicted octanol–water partition coefficient (Wildman–Crippen LogP) is 2.15. The number of esters is 1. The highest BCUT2D eigenvalue weighted by molar-refractivity contribution is 7.98. The summed E-state index contributed by atoms with van der Waals surface area (Å²) in [6, 6.07) is 6.32. The second-order valence-corrected chi connectivity index (χ2v) is 6.37. The van der Waals surface area contributed by atoms with E-state index >= 15 is 0 Å². The number of hydrogen-bond acceptors (Lipinski definition) is 6. The van der Waals surface area contributed by atoms with Gasteiger partial charge in [0.25, 0.3) is 5.91 Å². The minimum atomic E-state index is -0.731. The summed E-state index contributed by atoms with van der Waals surface area (Å²) >= 11 is 1.57. The molecule has 0 spiro atoms. The first-order chi connectivity index (χ1) is 11.8. The van der Waals surface area contributed by atoms with Crippen LogP contribution in [0.1, 0.15) is 37.0 Å². The van der Waals surface area contributed by atoms with Crippen LogP contribution in [0.5, 0.6) is 0 Å². The van der Waals surface area contributed by atoms with Crippen molar-refractivity contribution >= 4 is 35.5 Å². The van der Waals surface area contributed by atoms with Crippen molar-refractivity contribution in [2.24, 2.45) is 0 Å². The summed E-state index contributed by atoms with van der Waals surface area (Å²) in [5.41, 5.74) is 0.522. The van der Waals surface area contributed by atoms with Gasteiger partial charge in [-0.15, -0.1) is 11.8 Å². The average molecular weight is 366 g/mol. The molecule has 0 heterocycles. The van der Waals surface area contributed by atoms with Crippen molar-refractivity contribution in [1.29, 1.82) is 0 Å². The average Bonchev–Trinajstić information content (AvgIpc) is 2.57. The normalized spacial score (nSPS) is 10.2. The molecular formula is C17H22N2O5S. The number of carbonyl (C=O) groups excluding carboxylic acids is 4. The molecular weight excluding hydrogens is 344 g/mol. The van der Waals surface area contributed by atoms with Crippen LogP contribution in [0.25, 0.3) is 0 Å². The van der Waals surface area contributed by atoms with E-state index in [0.717, 1.165) is 4.90 Å². The lowest BCUT2D eigenvalue weighted by Crippen LogP contribution is -2.44. The summed E-state index contributed by atoms with van der Waals surface area (Å²) in [5.74, 6) is -1.58. The Morgan fingerprint density at radius 2 is 1.72 bits per heavy atom. The molecule has 25 heavy (non-hydrogen) atoms. The van der Waals surface area contributed by atoms with Gasteiger partial charge < -0.3 is 10.1 Å². The van der Waals surface area contributed by atoms with E-state index in [0.29, 0.717) is 5.56 Å². The molecule has 3 amide bonds. The van der Waals surface area contributed by atoms with Gasteiger partial charge in [0.1, 0.15) is 0 Å². The highest BCUT2D eigenvalue weighted by Gasteiger charge is 2.13. The second kappa shape index (κ2) is 10.5. The van der Waals surface area contributed by atoms with E-state index in [2.05, 4.69) is 5.32 Å². The fourth-order valence-electron chi connectivity index (χ4n) is 1.82. The molecule has 0 aromatic heterocycles. The summed E-state index contributed by atoms with van der Waals surface area (Å²) in [6.07, 6.45) is 1.80. The highest BCUT2D eigenvalue weighted by Crippen LogP contribution is 2.16. The number of urea groups is 1. The number of rotatable bonds is 8. The molecule has 0 saturated carbocycles. The molecule has 0 bridgehead atoms. The molecule has 7 nitrogen and oxygen atoms in total. The first kappa shape index (κ1) is 20.7. The van der Waals surface area contributed by atoms with Crippen LogP contribution in [0, 0.1) is 0 Å². The zero-order valence-corrected chi connectivity index (χ0v) is 15.3. The van der Waals surface area contributed by atoms with Gasteiger partial charge in [-0.1, -0.05) is 12.1 Å². The van der Waals surface area contributed by atoms with Crippen LogP contribution in [0.4, 0.5) is 4.79 Å². The summed E-state index contributed by atoms with van der Waals surface area (Å²) in [7, 11) is 0. The van der Waals surface area contributed by atoms with Gasteiger partial charge in [-0.3, -0.25) is 19.7 Å². The lowest BCUT2D eigenvalue weighted by molar-refractivity contribution is -0.148. The van der Waals surface area contributed by atoms with Crippen LogP contribution in [0.15, 0.2) is 29.2 Å². The molecule has 1 aromatic carbocycles. The number of ketones is 1. The molecule has 0 aliphatic carbocycles. The Morgan fingerprint density at radius 1 is 1.08 bits per heavy atom. The van der Waals surface area contributed by atoms with Crippen molar-refractivity contribution in [3.63, 3.8) is 0 Å². The van der Waals surface area contributed by atoms with Gasteiger partial charge >= 0.3 is 12.0 Å². The lowest BCUT2D eigenvalue weighted by Gasteiger charge is -2.09. The summed E-state index contributed by atoms with van der Waals surface area (Å²) in [4.78, 5) is 47.4. The Labute approximate surface area is 150 Å². The fourth-order valence-corrected chi connectivity index (χ4v) is 2.22. The molecule has 8 heteroatoms. The number of ether oxygens (including phenoxy) is 1. The van der Waals surface area contributed by atoms with Gasteiger partial charge in [0, 0.05) is 22.9 Å². The van der Waals surface area contributed by atoms with Gasteiger partial charge in [0.2, 0.25) is 0 Å². The summed E-state index contributed by atoms with van der Waals surface area (Å²) in [5, 5.41) is 4.50. The molecule has 1 rings (SSSR count). The van der Waals surface area contributed by atoms with Crippen molar-refractivity contribution in [2.75, 3.05) is 12.9 Å². The minimum Gasteiger partial charge on any atom is -0.456 e. The number of thioether (sulfide) groups is 1. The van der Waals surface area contributed by atoms with Crippen molar-refractivity contribution in [1.82, 2.24) is 10.6 Å². The van der Waals surface area contributed by atoms with Gasteiger partial charge in [-0.2, -0.15) is 0 Å². The Balaban J connectivity index is 2.30. The Kier molecular flexibility index (Phi) is 8.69. The van der Waals surface area contributed by atoms with E-state index in [9.17, 15) is 19.2 Å². The molecule has 0 atom stereocenters. The number of imide groups is 1. The van der Waals surface area contributed by atoms with Gasteiger partial charge in [-0.05, 0) is 32.2 Å². The zero-order chi connectivity index (χ0) is 18.8. The Hall–Kier alpha value is -2.35. The standard InChI is InChI=1S/C17H22N2O5S/c1-11(2)18-17(23)19-15(21)10-24-16(22)9-8-14(20)12-4-6-13(25-3)7-5-12/h4-7,11H,8-10H2,1-3H3,(H2,18,19,21,23). The third kappa shape index (κ3) is 8.35. The van der Waals surface area contributed by atoms with Crippen LogP contribution in [0.3, 0.4) is 0 Å². The van der Waals surface area contributed by atoms with Crippen LogP contribution in [0.2, 0.25) is 0 Å². The third-order valence-electron chi connectivity index (χ3n) is 3.01. The number of carbonyl (C=O) groups is 4. The topological polar surface area (TPSA) is 102 Å². The number of amides is 3. The van der Waals surface area contributed by atoms with E-state index in [-0.39, 0.29) is 24.7 Å². The second-order valence-electron chi connectivity index (χ2n) is 5.49. The van der Waals surface area contributed by atoms with Crippen LogP contribution >= 0.6 is 11.8 Å². The molecule has 0 radical (unpaired) electrons. The summed E-state index contributed by atoms with van der Waals surface area (Å²) in [6.45, 7) is 2.92. The minimum absolute atomic E-state index is 0.00704. The summed E-state index contributed by atoms with van der Waals surface area (Å²) < 4.78 is 4.75. The van der Waals surface area contributed by atoms with Gasteiger partial charge in [-0.25, -0.2) is 4.79 Å².